The van der Waals surface area contributed by atoms with Crippen LogP contribution in [0, 0.1) is 6.92 Å². The number of hydrogen-bond donors (Lipinski definition) is 0. The van der Waals surface area contributed by atoms with Crippen molar-refractivity contribution >= 4 is 27.5 Å². The molecular weight excluding hydrogens is 544 g/mol. The second-order valence-corrected chi connectivity index (χ2v) is 11.8. The summed E-state index contributed by atoms with van der Waals surface area (Å²) in [5, 5.41) is 0.390. The second-order valence-electron chi connectivity index (χ2n) is 10.8. The van der Waals surface area contributed by atoms with Crippen LogP contribution < -0.4 is 16.0 Å². The van der Waals surface area contributed by atoms with Gasteiger partial charge in [0, 0.05) is 19.2 Å². The molecular formula is C30H34N4O6S. The van der Waals surface area contributed by atoms with E-state index >= 15 is 0 Å². The van der Waals surface area contributed by atoms with Gasteiger partial charge in [-0.1, -0.05) is 37.5 Å². The van der Waals surface area contributed by atoms with Crippen LogP contribution in [0.15, 0.2) is 50.7 Å². The highest BCUT2D eigenvalue weighted by atomic mass is 32.1. The third kappa shape index (κ3) is 4.91. The van der Waals surface area contributed by atoms with Gasteiger partial charge in [-0.3, -0.25) is 14.2 Å². The molecule has 0 N–H and O–H groups in total. The highest BCUT2D eigenvalue weighted by Crippen LogP contribution is 2.38. The maximum absolute atomic E-state index is 14.3. The number of nitrogens with zero attached hydrogens (tertiary/aromatic N) is 4. The highest BCUT2D eigenvalue weighted by molar-refractivity contribution is 7.22. The van der Waals surface area contributed by atoms with E-state index in [0.717, 1.165) is 35.8 Å². The van der Waals surface area contributed by atoms with Crippen molar-refractivity contribution in [3.8, 4) is 16.5 Å². The van der Waals surface area contributed by atoms with Crippen molar-refractivity contribution in [1.82, 2.24) is 19.0 Å². The van der Waals surface area contributed by atoms with Crippen molar-refractivity contribution in [2.24, 2.45) is 0 Å². The van der Waals surface area contributed by atoms with Crippen molar-refractivity contribution in [2.45, 2.75) is 70.2 Å². The lowest BCUT2D eigenvalue weighted by molar-refractivity contribution is -0.129. The Bertz CT molecular complexity index is 1680. The zero-order valence-electron chi connectivity index (χ0n) is 23.5. The summed E-state index contributed by atoms with van der Waals surface area (Å²) in [4.78, 5) is 48.4. The van der Waals surface area contributed by atoms with Gasteiger partial charge in [0.25, 0.3) is 5.56 Å². The summed E-state index contributed by atoms with van der Waals surface area (Å²) < 4.78 is 20.8. The lowest BCUT2D eigenvalue weighted by atomic mass is 9.97. The van der Waals surface area contributed by atoms with Crippen molar-refractivity contribution in [2.75, 3.05) is 20.7 Å². The number of thiophene rings is 1. The van der Waals surface area contributed by atoms with E-state index in [9.17, 15) is 14.4 Å². The fraction of sp³-hybridized carbons (Fsp3) is 0.467. The molecule has 2 atom stereocenters. The number of amides is 1. The molecule has 41 heavy (non-hydrogen) atoms. The minimum Gasteiger partial charge on any atom is -0.496 e. The Hall–Kier alpha value is -3.70. The zero-order chi connectivity index (χ0) is 28.7. The Balaban J connectivity index is 1.56. The van der Waals surface area contributed by atoms with Crippen LogP contribution in [0.5, 0.6) is 5.75 Å². The largest absolute Gasteiger partial charge is 0.496 e. The summed E-state index contributed by atoms with van der Waals surface area (Å²) in [5.74, 6) is 0.807. The van der Waals surface area contributed by atoms with Gasteiger partial charge in [-0.15, -0.1) is 11.3 Å². The Morgan fingerprint density at radius 1 is 1.12 bits per heavy atom. The number of aryl methyl sites for hydroxylation is 1. The first kappa shape index (κ1) is 27.5. The predicted octanol–water partition coefficient (Wildman–Crippen LogP) is 4.69. The molecule has 1 aliphatic heterocycles. The average Bonchev–Trinajstić information content (AvgIpc) is 3.72. The molecule has 0 spiro atoms. The van der Waals surface area contributed by atoms with E-state index in [2.05, 4.69) is 4.98 Å². The molecule has 4 heterocycles. The second kappa shape index (κ2) is 11.3. The number of carbonyl (C=O) groups excluding carboxylic acids is 1. The molecule has 1 aliphatic carbocycles. The quantitative estimate of drug-likeness (QED) is 0.298. The van der Waals surface area contributed by atoms with Gasteiger partial charge in [-0.05, 0) is 37.8 Å². The SMILES string of the molecule is COc1ccccc1[C@H](Cn1c(=O)n(C2CCN(C)C2=O)c(=O)c2c(C)c(-c3ncco3)sc21)OC1CCCCC1. The van der Waals surface area contributed by atoms with E-state index in [0.29, 0.717) is 45.3 Å². The van der Waals surface area contributed by atoms with E-state index in [-0.39, 0.29) is 18.6 Å². The molecule has 2 fully saturated rings. The molecule has 1 saturated heterocycles. The first-order valence-electron chi connectivity index (χ1n) is 14.1. The Kier molecular flexibility index (Phi) is 7.56. The molecule has 0 radical (unpaired) electrons. The number of hydrogen-bond acceptors (Lipinski definition) is 8. The van der Waals surface area contributed by atoms with E-state index in [1.165, 1.54) is 24.0 Å². The fourth-order valence-corrected chi connectivity index (χ4v) is 7.37. The normalized spacial score (nSPS) is 18.9. The molecule has 10 nitrogen and oxygen atoms in total. The van der Waals surface area contributed by atoms with Gasteiger partial charge in [-0.2, -0.15) is 0 Å². The smallest absolute Gasteiger partial charge is 0.332 e. The van der Waals surface area contributed by atoms with Gasteiger partial charge in [-0.25, -0.2) is 14.3 Å². The molecule has 2 aliphatic rings. The van der Waals surface area contributed by atoms with E-state index < -0.39 is 23.4 Å². The van der Waals surface area contributed by atoms with Crippen LogP contribution in [0.1, 0.15) is 61.8 Å². The van der Waals surface area contributed by atoms with Gasteiger partial charge in [0.15, 0.2) is 0 Å². The maximum atomic E-state index is 14.3. The molecule has 1 unspecified atom stereocenters. The topological polar surface area (TPSA) is 109 Å². The minimum absolute atomic E-state index is 0.0498. The third-order valence-electron chi connectivity index (χ3n) is 8.32. The summed E-state index contributed by atoms with van der Waals surface area (Å²) in [6.07, 6.45) is 8.23. The van der Waals surface area contributed by atoms with Crippen molar-refractivity contribution < 1.29 is 18.7 Å². The van der Waals surface area contributed by atoms with Gasteiger partial charge >= 0.3 is 5.69 Å². The third-order valence-corrected chi connectivity index (χ3v) is 9.63. The molecule has 216 valence electrons. The van der Waals surface area contributed by atoms with Crippen molar-refractivity contribution in [1.29, 1.82) is 0 Å². The fourth-order valence-electron chi connectivity index (χ4n) is 6.13. The number of benzene rings is 1. The number of aromatic nitrogens is 3. The molecule has 1 amide bonds. The number of methoxy groups -OCH3 is 1. The number of para-hydroxylation sites is 1. The Morgan fingerprint density at radius 3 is 2.59 bits per heavy atom. The molecule has 6 rings (SSSR count). The first-order valence-corrected chi connectivity index (χ1v) is 14.9. The van der Waals surface area contributed by atoms with Gasteiger partial charge in [0.1, 0.15) is 29.0 Å². The first-order chi connectivity index (χ1) is 19.9. The van der Waals surface area contributed by atoms with Gasteiger partial charge < -0.3 is 18.8 Å². The van der Waals surface area contributed by atoms with Crippen LogP contribution >= 0.6 is 11.3 Å². The van der Waals surface area contributed by atoms with Crippen molar-refractivity contribution in [3.63, 3.8) is 0 Å². The molecule has 11 heteroatoms. The van der Waals surface area contributed by atoms with Gasteiger partial charge in [0.05, 0.1) is 36.2 Å². The Labute approximate surface area is 241 Å². The monoisotopic (exact) mass is 578 g/mol. The minimum atomic E-state index is -0.857. The average molecular weight is 579 g/mol. The summed E-state index contributed by atoms with van der Waals surface area (Å²) >= 11 is 1.29. The Morgan fingerprint density at radius 2 is 1.90 bits per heavy atom. The van der Waals surface area contributed by atoms with E-state index in [4.69, 9.17) is 13.9 Å². The number of carbonyl (C=O) groups is 1. The molecule has 1 saturated carbocycles. The number of likely N-dealkylation sites (N-methyl/N-ethyl adjacent to an activating group) is 1. The number of fused-ring (bicyclic) bond motifs is 1. The number of likely N-dealkylation sites (tertiary alicyclic amines) is 1. The van der Waals surface area contributed by atoms with Crippen LogP contribution in [0.2, 0.25) is 0 Å². The summed E-state index contributed by atoms with van der Waals surface area (Å²) in [6, 6.07) is 6.81. The summed E-state index contributed by atoms with van der Waals surface area (Å²) in [7, 11) is 3.31. The standard InChI is InChI=1S/C30H34N4O6S/c1-18-24-28(36)34(21-13-15-32(2)27(21)35)30(37)33(29(24)41-25(18)26-31-14-16-39-26)17-23(40-19-9-5-4-6-10-19)20-11-7-8-12-22(20)38-3/h7-8,11-12,14,16,19,21,23H,4-6,9-10,13,15,17H2,1-3H3/t21?,23-/m0/s1. The lowest BCUT2D eigenvalue weighted by Crippen LogP contribution is -2.45. The highest BCUT2D eigenvalue weighted by Gasteiger charge is 2.35. The maximum Gasteiger partial charge on any atom is 0.332 e. The van der Waals surface area contributed by atoms with Crippen LogP contribution in [0.4, 0.5) is 0 Å². The zero-order valence-corrected chi connectivity index (χ0v) is 24.3. The molecule has 0 bridgehead atoms. The predicted molar refractivity (Wildman–Crippen MR) is 156 cm³/mol. The lowest BCUT2D eigenvalue weighted by Gasteiger charge is -2.29. The van der Waals surface area contributed by atoms with Crippen LogP contribution in [0.3, 0.4) is 0 Å². The van der Waals surface area contributed by atoms with E-state index in [1.807, 2.05) is 31.2 Å². The molecule has 3 aromatic heterocycles. The number of oxazole rings is 1. The van der Waals surface area contributed by atoms with Crippen LogP contribution in [-0.2, 0) is 16.1 Å². The number of rotatable bonds is 8. The summed E-state index contributed by atoms with van der Waals surface area (Å²) in [6.45, 7) is 2.46. The number of ether oxygens (including phenoxy) is 2. The molecule has 1 aromatic carbocycles. The van der Waals surface area contributed by atoms with Crippen molar-refractivity contribution in [3.05, 3.63) is 68.7 Å². The van der Waals surface area contributed by atoms with Crippen LogP contribution in [-0.4, -0.2) is 51.7 Å². The van der Waals surface area contributed by atoms with Crippen LogP contribution in [0.25, 0.3) is 21.0 Å². The van der Waals surface area contributed by atoms with E-state index in [1.54, 1.807) is 29.8 Å². The van der Waals surface area contributed by atoms with Gasteiger partial charge in [0.2, 0.25) is 11.8 Å². The summed E-state index contributed by atoms with van der Waals surface area (Å²) in [5.41, 5.74) is 0.504. The molecule has 4 aromatic rings.